The molecule has 14 heavy (non-hydrogen) atoms. The van der Waals surface area contributed by atoms with Crippen molar-refractivity contribution in [1.29, 1.82) is 0 Å². The van der Waals surface area contributed by atoms with Crippen LogP contribution in [0.1, 0.15) is 25.6 Å². The van der Waals surface area contributed by atoms with Gasteiger partial charge in [-0.05, 0) is 19.4 Å². The lowest BCUT2D eigenvalue weighted by Gasteiger charge is -2.15. The van der Waals surface area contributed by atoms with Crippen molar-refractivity contribution in [3.05, 3.63) is 24.3 Å². The standard InChI is InChI=1S/C11H17N3/c1-2-7-14-8-6-13-11(14)10-4-3-5-12-9-10/h4,6,8,12H,2-3,5,7,9H2,1H3. The van der Waals surface area contributed by atoms with Crippen LogP contribution in [0.5, 0.6) is 0 Å². The Balaban J connectivity index is 2.21. The smallest absolute Gasteiger partial charge is 0.136 e. The average Bonchev–Trinajstić information content (AvgIpc) is 2.68. The second-order valence-corrected chi connectivity index (χ2v) is 3.64. The van der Waals surface area contributed by atoms with Gasteiger partial charge in [0.05, 0.1) is 0 Å². The van der Waals surface area contributed by atoms with Gasteiger partial charge in [0.15, 0.2) is 0 Å². The summed E-state index contributed by atoms with van der Waals surface area (Å²) in [5.74, 6) is 1.14. The van der Waals surface area contributed by atoms with Crippen LogP contribution in [-0.2, 0) is 6.54 Å². The topological polar surface area (TPSA) is 29.9 Å². The molecule has 1 aromatic rings. The molecule has 0 radical (unpaired) electrons. The van der Waals surface area contributed by atoms with E-state index in [1.54, 1.807) is 0 Å². The number of nitrogens with zero attached hydrogens (tertiary/aromatic N) is 2. The van der Waals surface area contributed by atoms with Crippen molar-refractivity contribution in [3.8, 4) is 0 Å². The summed E-state index contributed by atoms with van der Waals surface area (Å²) in [7, 11) is 0. The van der Waals surface area contributed by atoms with Gasteiger partial charge in [0.1, 0.15) is 5.82 Å². The van der Waals surface area contributed by atoms with Gasteiger partial charge >= 0.3 is 0 Å². The third-order valence-electron chi connectivity index (χ3n) is 2.49. The second kappa shape index (κ2) is 4.42. The van der Waals surface area contributed by atoms with Gasteiger partial charge in [0.25, 0.3) is 0 Å². The van der Waals surface area contributed by atoms with Crippen LogP contribution in [-0.4, -0.2) is 22.6 Å². The quantitative estimate of drug-likeness (QED) is 0.787. The van der Waals surface area contributed by atoms with Crippen LogP contribution in [0.25, 0.3) is 5.57 Å². The number of imidazole rings is 1. The predicted molar refractivity (Wildman–Crippen MR) is 58.0 cm³/mol. The molecule has 0 unspecified atom stereocenters. The summed E-state index contributed by atoms with van der Waals surface area (Å²) < 4.78 is 2.23. The maximum atomic E-state index is 4.41. The molecular formula is C11H17N3. The molecular weight excluding hydrogens is 174 g/mol. The molecule has 0 fully saturated rings. The molecule has 1 N–H and O–H groups in total. The Morgan fingerprint density at radius 3 is 3.21 bits per heavy atom. The van der Waals surface area contributed by atoms with Crippen LogP contribution in [0, 0.1) is 0 Å². The Morgan fingerprint density at radius 2 is 2.50 bits per heavy atom. The minimum absolute atomic E-state index is 0.959. The highest BCUT2D eigenvalue weighted by Gasteiger charge is 2.10. The normalized spacial score (nSPS) is 16.8. The van der Waals surface area contributed by atoms with E-state index in [1.807, 2.05) is 6.20 Å². The molecule has 3 heteroatoms. The molecule has 0 atom stereocenters. The van der Waals surface area contributed by atoms with Gasteiger partial charge in [-0.2, -0.15) is 0 Å². The largest absolute Gasteiger partial charge is 0.331 e. The van der Waals surface area contributed by atoms with Crippen molar-refractivity contribution >= 4 is 5.57 Å². The molecule has 3 nitrogen and oxygen atoms in total. The molecule has 2 rings (SSSR count). The summed E-state index contributed by atoms with van der Waals surface area (Å²) in [6.45, 7) is 5.31. The second-order valence-electron chi connectivity index (χ2n) is 3.64. The van der Waals surface area contributed by atoms with E-state index < -0.39 is 0 Å². The number of rotatable bonds is 3. The Morgan fingerprint density at radius 1 is 1.57 bits per heavy atom. The van der Waals surface area contributed by atoms with Gasteiger partial charge in [-0.3, -0.25) is 0 Å². The van der Waals surface area contributed by atoms with Crippen LogP contribution >= 0.6 is 0 Å². The first-order valence-electron chi connectivity index (χ1n) is 5.33. The van der Waals surface area contributed by atoms with E-state index in [9.17, 15) is 0 Å². The molecule has 0 aromatic carbocycles. The summed E-state index contributed by atoms with van der Waals surface area (Å²) in [4.78, 5) is 4.41. The zero-order chi connectivity index (χ0) is 9.80. The molecule has 0 bridgehead atoms. The van der Waals surface area contributed by atoms with Crippen LogP contribution in [0.15, 0.2) is 18.5 Å². The lowest BCUT2D eigenvalue weighted by Crippen LogP contribution is -2.23. The maximum absolute atomic E-state index is 4.41. The summed E-state index contributed by atoms with van der Waals surface area (Å²) in [5.41, 5.74) is 1.34. The molecule has 76 valence electrons. The molecule has 0 spiro atoms. The first kappa shape index (κ1) is 9.46. The fraction of sp³-hybridized carbons (Fsp3) is 0.545. The molecule has 1 aromatic heterocycles. The molecule has 0 saturated carbocycles. The number of aryl methyl sites for hydroxylation is 1. The van der Waals surface area contributed by atoms with E-state index in [-0.39, 0.29) is 0 Å². The minimum Gasteiger partial charge on any atom is -0.331 e. The maximum Gasteiger partial charge on any atom is 0.136 e. The van der Waals surface area contributed by atoms with Crippen LogP contribution in [0.2, 0.25) is 0 Å². The van der Waals surface area contributed by atoms with E-state index in [4.69, 9.17) is 0 Å². The van der Waals surface area contributed by atoms with Gasteiger partial charge in [-0.15, -0.1) is 0 Å². The summed E-state index contributed by atoms with van der Waals surface area (Å²) in [6.07, 6.45) is 8.53. The first-order valence-corrected chi connectivity index (χ1v) is 5.33. The molecule has 1 aliphatic rings. The molecule has 0 amide bonds. The van der Waals surface area contributed by atoms with E-state index in [1.165, 1.54) is 5.57 Å². The van der Waals surface area contributed by atoms with Gasteiger partial charge in [0, 0.05) is 31.1 Å². The van der Waals surface area contributed by atoms with Crippen molar-refractivity contribution in [2.24, 2.45) is 0 Å². The van der Waals surface area contributed by atoms with Gasteiger partial charge in [0.2, 0.25) is 0 Å². The summed E-state index contributed by atoms with van der Waals surface area (Å²) in [5, 5.41) is 3.37. The minimum atomic E-state index is 0.959. The molecule has 0 saturated heterocycles. The number of nitrogens with one attached hydrogen (secondary N) is 1. The van der Waals surface area contributed by atoms with E-state index >= 15 is 0 Å². The molecule has 1 aliphatic heterocycles. The molecule has 0 aliphatic carbocycles. The van der Waals surface area contributed by atoms with E-state index in [0.29, 0.717) is 0 Å². The van der Waals surface area contributed by atoms with Crippen molar-refractivity contribution < 1.29 is 0 Å². The van der Waals surface area contributed by atoms with E-state index in [0.717, 1.165) is 38.3 Å². The Kier molecular flexibility index (Phi) is 2.99. The highest BCUT2D eigenvalue weighted by molar-refractivity contribution is 5.62. The summed E-state index contributed by atoms with van der Waals surface area (Å²) >= 11 is 0. The fourth-order valence-corrected chi connectivity index (χ4v) is 1.83. The van der Waals surface area contributed by atoms with Crippen LogP contribution in [0.4, 0.5) is 0 Å². The van der Waals surface area contributed by atoms with E-state index in [2.05, 4.69) is 34.1 Å². The predicted octanol–water partition coefficient (Wildman–Crippen LogP) is 1.67. The van der Waals surface area contributed by atoms with Gasteiger partial charge < -0.3 is 9.88 Å². The van der Waals surface area contributed by atoms with Crippen molar-refractivity contribution in [3.63, 3.8) is 0 Å². The number of aromatic nitrogens is 2. The Hall–Kier alpha value is -1.09. The third kappa shape index (κ3) is 1.87. The zero-order valence-corrected chi connectivity index (χ0v) is 8.66. The Bertz CT molecular complexity index is 325. The zero-order valence-electron chi connectivity index (χ0n) is 8.66. The SMILES string of the molecule is CCCn1ccnc1C1=CCCNC1. The van der Waals surface area contributed by atoms with Gasteiger partial charge in [-0.1, -0.05) is 13.0 Å². The number of hydrogen-bond donors (Lipinski definition) is 1. The van der Waals surface area contributed by atoms with Crippen LogP contribution < -0.4 is 5.32 Å². The average molecular weight is 191 g/mol. The monoisotopic (exact) mass is 191 g/mol. The fourth-order valence-electron chi connectivity index (χ4n) is 1.83. The highest BCUT2D eigenvalue weighted by Crippen LogP contribution is 2.15. The van der Waals surface area contributed by atoms with Crippen molar-refractivity contribution in [2.45, 2.75) is 26.3 Å². The third-order valence-corrected chi connectivity index (χ3v) is 2.49. The van der Waals surface area contributed by atoms with Crippen LogP contribution in [0.3, 0.4) is 0 Å². The Labute approximate surface area is 84.8 Å². The lowest BCUT2D eigenvalue weighted by atomic mass is 10.1. The molecule has 2 heterocycles. The van der Waals surface area contributed by atoms with Crippen molar-refractivity contribution in [1.82, 2.24) is 14.9 Å². The summed E-state index contributed by atoms with van der Waals surface area (Å²) in [6, 6.07) is 0. The lowest BCUT2D eigenvalue weighted by molar-refractivity contribution is 0.659. The first-order chi connectivity index (χ1) is 6.92. The number of hydrogen-bond acceptors (Lipinski definition) is 2. The highest BCUT2D eigenvalue weighted by atomic mass is 15.1. The van der Waals surface area contributed by atoms with Crippen molar-refractivity contribution in [2.75, 3.05) is 13.1 Å². The van der Waals surface area contributed by atoms with Gasteiger partial charge in [-0.25, -0.2) is 4.98 Å².